The van der Waals surface area contributed by atoms with Crippen LogP contribution in [0.5, 0.6) is 0 Å². The summed E-state index contributed by atoms with van der Waals surface area (Å²) in [5, 5.41) is 8.29. The monoisotopic (exact) mass is 306 g/mol. The number of methoxy groups -OCH3 is 1. The summed E-state index contributed by atoms with van der Waals surface area (Å²) in [6.45, 7) is 1.88. The molecule has 0 fully saturated rings. The summed E-state index contributed by atoms with van der Waals surface area (Å²) in [6, 6.07) is 3.68. The summed E-state index contributed by atoms with van der Waals surface area (Å²) in [5.41, 5.74) is -0.221. The Morgan fingerprint density at radius 2 is 2.11 bits per heavy atom. The van der Waals surface area contributed by atoms with E-state index < -0.39 is 21.1 Å². The SMILES string of the molecule is COCCC(C)S(=O)(=O)c1ccc(Cl)c(C(=O)O)c1. The topological polar surface area (TPSA) is 80.7 Å². The van der Waals surface area contributed by atoms with Crippen molar-refractivity contribution in [3.05, 3.63) is 28.8 Å². The van der Waals surface area contributed by atoms with E-state index in [1.165, 1.54) is 19.2 Å². The van der Waals surface area contributed by atoms with Gasteiger partial charge in [-0.3, -0.25) is 0 Å². The van der Waals surface area contributed by atoms with Crippen molar-refractivity contribution in [1.29, 1.82) is 0 Å². The molecule has 0 heterocycles. The van der Waals surface area contributed by atoms with Crippen molar-refractivity contribution in [2.24, 2.45) is 0 Å². The molecule has 0 saturated carbocycles. The number of carboxylic acids is 1. The predicted octanol–water partition coefficient (Wildman–Crippen LogP) is 2.24. The molecule has 0 aliphatic carbocycles. The normalized spacial score (nSPS) is 13.2. The second-order valence-electron chi connectivity index (χ2n) is 4.08. The molecule has 1 aromatic rings. The first-order valence-electron chi connectivity index (χ1n) is 5.56. The molecule has 5 nitrogen and oxygen atoms in total. The van der Waals surface area contributed by atoms with Crippen LogP contribution in [0.3, 0.4) is 0 Å². The second kappa shape index (κ2) is 6.36. The van der Waals surface area contributed by atoms with Crippen molar-refractivity contribution in [2.75, 3.05) is 13.7 Å². The van der Waals surface area contributed by atoms with Crippen LogP contribution >= 0.6 is 11.6 Å². The maximum Gasteiger partial charge on any atom is 0.337 e. The quantitative estimate of drug-likeness (QED) is 0.871. The fraction of sp³-hybridized carbons (Fsp3) is 0.417. The van der Waals surface area contributed by atoms with Gasteiger partial charge in [0.25, 0.3) is 0 Å². The highest BCUT2D eigenvalue weighted by Crippen LogP contribution is 2.24. The Labute approximate surface area is 117 Å². The first-order chi connectivity index (χ1) is 8.80. The molecule has 0 radical (unpaired) electrons. The third-order valence-electron chi connectivity index (χ3n) is 2.75. The summed E-state index contributed by atoms with van der Waals surface area (Å²) in [6.07, 6.45) is 0.337. The number of sulfone groups is 1. The summed E-state index contributed by atoms with van der Waals surface area (Å²) < 4.78 is 29.3. The first kappa shape index (κ1) is 15.9. The number of carboxylic acid groups (broad SMARTS) is 1. The number of benzene rings is 1. The number of ether oxygens (including phenoxy) is 1. The van der Waals surface area contributed by atoms with Crippen LogP contribution in [0.1, 0.15) is 23.7 Å². The average Bonchev–Trinajstić information content (AvgIpc) is 2.35. The van der Waals surface area contributed by atoms with Gasteiger partial charge >= 0.3 is 5.97 Å². The van der Waals surface area contributed by atoms with Crippen molar-refractivity contribution in [3.63, 3.8) is 0 Å². The smallest absolute Gasteiger partial charge is 0.337 e. The summed E-state index contributed by atoms with van der Waals surface area (Å²) in [5.74, 6) is -1.26. The minimum absolute atomic E-state index is 0.0102. The zero-order valence-corrected chi connectivity index (χ0v) is 12.2. The molecule has 19 heavy (non-hydrogen) atoms. The lowest BCUT2D eigenvalue weighted by Gasteiger charge is -2.13. The van der Waals surface area contributed by atoms with E-state index in [0.717, 1.165) is 6.07 Å². The van der Waals surface area contributed by atoms with Gasteiger partial charge in [-0.2, -0.15) is 0 Å². The maximum absolute atomic E-state index is 12.2. The van der Waals surface area contributed by atoms with E-state index in [1.807, 2.05) is 0 Å². The lowest BCUT2D eigenvalue weighted by atomic mass is 10.2. The summed E-state index contributed by atoms with van der Waals surface area (Å²) in [4.78, 5) is 10.9. The van der Waals surface area contributed by atoms with E-state index in [1.54, 1.807) is 6.92 Å². The lowest BCUT2D eigenvalue weighted by Crippen LogP contribution is -2.20. The third kappa shape index (κ3) is 3.68. The summed E-state index contributed by atoms with van der Waals surface area (Å²) in [7, 11) is -2.10. The van der Waals surface area contributed by atoms with Gasteiger partial charge in [-0.25, -0.2) is 13.2 Å². The standard InChI is InChI=1S/C12H15ClO5S/c1-8(5-6-18-2)19(16,17)9-3-4-11(13)10(7-9)12(14)15/h3-4,7-8H,5-6H2,1-2H3,(H,14,15). The van der Waals surface area contributed by atoms with E-state index in [2.05, 4.69) is 0 Å². The number of carbonyl (C=O) groups is 1. The Balaban J connectivity index is 3.15. The minimum Gasteiger partial charge on any atom is -0.478 e. The minimum atomic E-state index is -3.59. The number of hydrogen-bond acceptors (Lipinski definition) is 4. The Bertz CT molecular complexity index is 567. The molecule has 7 heteroatoms. The van der Waals surface area contributed by atoms with Crippen LogP contribution in [0.2, 0.25) is 5.02 Å². The molecule has 0 saturated heterocycles. The molecule has 1 unspecified atom stereocenters. The Morgan fingerprint density at radius 1 is 1.47 bits per heavy atom. The number of hydrogen-bond donors (Lipinski definition) is 1. The van der Waals surface area contributed by atoms with Crippen molar-refractivity contribution >= 4 is 27.4 Å². The van der Waals surface area contributed by atoms with Gasteiger partial charge < -0.3 is 9.84 Å². The van der Waals surface area contributed by atoms with Crippen LogP contribution in [-0.2, 0) is 14.6 Å². The molecule has 1 rings (SSSR count). The van der Waals surface area contributed by atoms with Crippen LogP contribution in [-0.4, -0.2) is 38.5 Å². The van der Waals surface area contributed by atoms with E-state index in [0.29, 0.717) is 13.0 Å². The van der Waals surface area contributed by atoms with Gasteiger partial charge in [0.05, 0.1) is 20.7 Å². The van der Waals surface area contributed by atoms with Gasteiger partial charge in [-0.05, 0) is 31.5 Å². The van der Waals surface area contributed by atoms with Gasteiger partial charge in [-0.1, -0.05) is 11.6 Å². The lowest BCUT2D eigenvalue weighted by molar-refractivity contribution is 0.0697. The van der Waals surface area contributed by atoms with Crippen molar-refractivity contribution in [3.8, 4) is 0 Å². The average molecular weight is 307 g/mol. The number of rotatable bonds is 6. The zero-order valence-electron chi connectivity index (χ0n) is 10.6. The Morgan fingerprint density at radius 3 is 2.63 bits per heavy atom. The molecular weight excluding hydrogens is 292 g/mol. The zero-order chi connectivity index (χ0) is 14.6. The Kier molecular flexibility index (Phi) is 5.34. The van der Waals surface area contributed by atoms with E-state index in [-0.39, 0.29) is 15.5 Å². The van der Waals surface area contributed by atoms with Gasteiger partial charge in [-0.15, -0.1) is 0 Å². The van der Waals surface area contributed by atoms with Gasteiger partial charge in [0.15, 0.2) is 9.84 Å². The largest absolute Gasteiger partial charge is 0.478 e. The molecule has 0 amide bonds. The van der Waals surface area contributed by atoms with E-state index in [4.69, 9.17) is 21.4 Å². The van der Waals surface area contributed by atoms with Crippen LogP contribution < -0.4 is 0 Å². The van der Waals surface area contributed by atoms with Crippen molar-refractivity contribution in [1.82, 2.24) is 0 Å². The van der Waals surface area contributed by atoms with Gasteiger partial charge in [0.1, 0.15) is 0 Å². The second-order valence-corrected chi connectivity index (χ2v) is 6.86. The molecule has 0 aliphatic rings. The molecule has 1 aromatic carbocycles. The number of halogens is 1. The van der Waals surface area contributed by atoms with Crippen LogP contribution in [0, 0.1) is 0 Å². The summed E-state index contributed by atoms with van der Waals surface area (Å²) >= 11 is 5.71. The van der Waals surface area contributed by atoms with E-state index >= 15 is 0 Å². The molecule has 1 atom stereocenters. The maximum atomic E-state index is 12.2. The fourth-order valence-electron chi connectivity index (χ4n) is 1.52. The van der Waals surface area contributed by atoms with Crippen LogP contribution in [0.25, 0.3) is 0 Å². The molecular formula is C12H15ClO5S. The van der Waals surface area contributed by atoms with Crippen molar-refractivity contribution < 1.29 is 23.1 Å². The molecule has 0 spiro atoms. The highest BCUT2D eigenvalue weighted by Gasteiger charge is 2.24. The number of aromatic carboxylic acids is 1. The van der Waals surface area contributed by atoms with Crippen LogP contribution in [0.15, 0.2) is 23.1 Å². The molecule has 0 bridgehead atoms. The highest BCUT2D eigenvalue weighted by atomic mass is 35.5. The highest BCUT2D eigenvalue weighted by molar-refractivity contribution is 7.92. The molecule has 0 aliphatic heterocycles. The Hall–Kier alpha value is -1.11. The molecule has 106 valence electrons. The fourth-order valence-corrected chi connectivity index (χ4v) is 3.13. The van der Waals surface area contributed by atoms with Gasteiger partial charge in [0.2, 0.25) is 0 Å². The van der Waals surface area contributed by atoms with Crippen molar-refractivity contribution in [2.45, 2.75) is 23.5 Å². The first-order valence-corrected chi connectivity index (χ1v) is 7.48. The molecule has 1 N–H and O–H groups in total. The van der Waals surface area contributed by atoms with Crippen LogP contribution in [0.4, 0.5) is 0 Å². The van der Waals surface area contributed by atoms with E-state index in [9.17, 15) is 13.2 Å². The van der Waals surface area contributed by atoms with Gasteiger partial charge in [0, 0.05) is 13.7 Å². The third-order valence-corrected chi connectivity index (χ3v) is 5.29. The predicted molar refractivity (Wildman–Crippen MR) is 71.6 cm³/mol. The molecule has 0 aromatic heterocycles.